The molecule has 0 spiro atoms. The monoisotopic (exact) mass is 855 g/mol. The van der Waals surface area contributed by atoms with Crippen molar-refractivity contribution in [2.45, 2.75) is 49.9 Å². The number of carbonyl (C=O) groups excluding carboxylic acids is 5. The van der Waals surface area contributed by atoms with Crippen LogP contribution >= 0.6 is 11.3 Å². The van der Waals surface area contributed by atoms with Crippen LogP contribution in [0.5, 0.6) is 5.75 Å². The molecule has 0 saturated heterocycles. The van der Waals surface area contributed by atoms with Gasteiger partial charge in [-0.2, -0.15) is 8.42 Å². The number of halogens is 1. The number of carbonyl (C=O) groups is 5. The first-order valence-electron chi connectivity index (χ1n) is 18.8. The number of thiophene rings is 1. The van der Waals surface area contributed by atoms with E-state index in [4.69, 9.17) is 4.74 Å². The van der Waals surface area contributed by atoms with Crippen LogP contribution in [0.15, 0.2) is 121 Å². The Morgan fingerprint density at radius 1 is 0.717 bits per heavy atom. The second-order valence-electron chi connectivity index (χ2n) is 14.1. The van der Waals surface area contributed by atoms with Crippen LogP contribution in [-0.4, -0.2) is 79.2 Å². The van der Waals surface area contributed by atoms with E-state index < -0.39 is 82.1 Å². The Hall–Kier alpha value is -6.43. The third-order valence-electron chi connectivity index (χ3n) is 9.58. The number of nitrogens with one attached hydrogen (secondary N) is 5. The van der Waals surface area contributed by atoms with Gasteiger partial charge in [-0.15, -0.1) is 11.3 Å². The predicted octanol–water partition coefficient (Wildman–Crippen LogP) is 3.12. The van der Waals surface area contributed by atoms with Crippen molar-refractivity contribution in [2.75, 3.05) is 12.5 Å². The smallest absolute Gasteiger partial charge is 0.283 e. The second-order valence-corrected chi connectivity index (χ2v) is 16.5. The first kappa shape index (κ1) is 43.2. The van der Waals surface area contributed by atoms with Crippen molar-refractivity contribution in [3.63, 3.8) is 0 Å². The van der Waals surface area contributed by atoms with Crippen LogP contribution in [0.25, 0.3) is 11.1 Å². The number of rotatable bonds is 10. The van der Waals surface area contributed by atoms with Crippen LogP contribution in [0.3, 0.4) is 0 Å². The molecule has 4 aromatic carbocycles. The lowest BCUT2D eigenvalue weighted by Crippen LogP contribution is -2.59. The third-order valence-corrected chi connectivity index (χ3v) is 11.0. The molecule has 14 nitrogen and oxygen atoms in total. The van der Waals surface area contributed by atoms with Gasteiger partial charge in [0.05, 0.1) is 0 Å². The van der Waals surface area contributed by atoms with Crippen LogP contribution in [0, 0.1) is 5.82 Å². The summed E-state index contributed by atoms with van der Waals surface area (Å²) >= 11 is 1.38. The van der Waals surface area contributed by atoms with E-state index in [1.165, 1.54) is 41.7 Å². The lowest BCUT2D eigenvalue weighted by atomic mass is 9.99. The molecule has 7 rings (SSSR count). The maximum Gasteiger partial charge on any atom is 0.283 e. The molecule has 6 N–H and O–H groups in total. The fourth-order valence-electron chi connectivity index (χ4n) is 6.50. The zero-order valence-corrected chi connectivity index (χ0v) is 33.6. The lowest BCUT2D eigenvalue weighted by Gasteiger charge is -2.27. The molecule has 0 fully saturated rings. The summed E-state index contributed by atoms with van der Waals surface area (Å²) < 4.78 is 53.1. The quantitative estimate of drug-likeness (QED) is 0.0900. The summed E-state index contributed by atoms with van der Waals surface area (Å²) in [5.41, 5.74) is 3.02. The van der Waals surface area contributed by atoms with Gasteiger partial charge in [-0.05, 0) is 57.5 Å². The largest absolute Gasteiger partial charge is 0.484 e. The molecule has 4 atom stereocenters. The van der Waals surface area contributed by atoms with Crippen molar-refractivity contribution in [3.8, 4) is 16.9 Å². The first-order valence-corrected chi connectivity index (χ1v) is 21.3. The van der Waals surface area contributed by atoms with Crippen molar-refractivity contribution in [3.05, 3.63) is 148 Å². The van der Waals surface area contributed by atoms with Crippen molar-refractivity contribution in [1.29, 1.82) is 0 Å². The van der Waals surface area contributed by atoms with Crippen LogP contribution in [0.1, 0.15) is 21.6 Å². The summed E-state index contributed by atoms with van der Waals surface area (Å²) in [5, 5.41) is 14.6. The molecular formula is C43H42FN5O9S2. The van der Waals surface area contributed by atoms with Gasteiger partial charge in [0.1, 0.15) is 41.6 Å². The van der Waals surface area contributed by atoms with Crippen LogP contribution < -0.4 is 31.3 Å². The van der Waals surface area contributed by atoms with Crippen molar-refractivity contribution < 1.29 is 46.1 Å². The predicted molar refractivity (Wildman–Crippen MR) is 222 cm³/mol. The minimum Gasteiger partial charge on any atom is -0.484 e. The SMILES string of the molecule is O=C1COc2ccc(cc2)C[C@@H](C(=O)NCS(=O)(=O)O)NC(=O)[C@H](Cc2ccccc2F)NC(=O)[C@@H](Cc2ccc(-c3ccccc3)cc2)NC(=O)[C@H](Cc2cccs2)N1. The van der Waals surface area contributed by atoms with Crippen LogP contribution in [0.4, 0.5) is 4.39 Å². The van der Waals surface area contributed by atoms with E-state index in [0.29, 0.717) is 11.1 Å². The molecule has 0 radical (unpaired) electrons. The number of hydrogen-bond donors (Lipinski definition) is 6. The first-order chi connectivity index (χ1) is 28.8. The minimum absolute atomic E-state index is 0.0510. The molecule has 3 heterocycles. The maximum absolute atomic E-state index is 15.1. The molecule has 60 heavy (non-hydrogen) atoms. The van der Waals surface area contributed by atoms with E-state index in [1.54, 1.807) is 42.5 Å². The normalized spacial score (nSPS) is 19.3. The summed E-state index contributed by atoms with van der Waals surface area (Å²) in [6, 6.07) is 26.8. The standard InChI is InChI=1S/C43H42FN5O9S2/c44-34-11-5-4-9-31(34)23-37-42(53)47-35(40(51)45-26-60(55,56)57)21-28-14-18-32(19-15-28)58-25-39(50)46-38(24-33-10-6-20-59-33)43(54)48-36(41(52)49-37)22-27-12-16-30(17-13-27)29-7-2-1-3-8-29/h1-20,35-38H,21-26H2,(H,45,51)(H,46,50)(H,47,53)(H,48,54)(H,49,52)(H,55,56,57)/t35-,36+,37-,38-/m0/s1. The third kappa shape index (κ3) is 12.5. The van der Waals surface area contributed by atoms with E-state index in [-0.39, 0.29) is 37.0 Å². The topological polar surface area (TPSA) is 209 Å². The highest BCUT2D eigenvalue weighted by Gasteiger charge is 2.33. The average molecular weight is 856 g/mol. The van der Waals surface area contributed by atoms with Crippen molar-refractivity contribution >= 4 is 51.0 Å². The highest BCUT2D eigenvalue weighted by Crippen LogP contribution is 2.21. The molecule has 312 valence electrons. The van der Waals surface area contributed by atoms with E-state index in [0.717, 1.165) is 16.0 Å². The molecular weight excluding hydrogens is 814 g/mol. The minimum atomic E-state index is -4.65. The number of hydrogen-bond acceptors (Lipinski definition) is 9. The zero-order chi connectivity index (χ0) is 42.6. The molecule has 5 aromatic rings. The summed E-state index contributed by atoms with van der Waals surface area (Å²) in [6.07, 6.45) is -0.577. The van der Waals surface area contributed by atoms with E-state index in [2.05, 4.69) is 26.6 Å². The molecule has 1 aromatic heterocycles. The molecule has 0 saturated carbocycles. The zero-order valence-electron chi connectivity index (χ0n) is 32.0. The van der Waals surface area contributed by atoms with E-state index >= 15 is 4.39 Å². The number of ether oxygens (including phenoxy) is 1. The Morgan fingerprint density at radius 2 is 1.33 bits per heavy atom. The van der Waals surface area contributed by atoms with Gasteiger partial charge in [-0.3, -0.25) is 28.5 Å². The Kier molecular flexibility index (Phi) is 14.4. The van der Waals surface area contributed by atoms with Crippen LogP contribution in [-0.2, 0) is 59.8 Å². The fourth-order valence-corrected chi connectivity index (χ4v) is 7.57. The molecule has 2 aliphatic rings. The van der Waals surface area contributed by atoms with Crippen LogP contribution in [0.2, 0.25) is 0 Å². The van der Waals surface area contributed by atoms with E-state index in [9.17, 15) is 36.9 Å². The molecule has 0 aliphatic carbocycles. The fraction of sp³-hybridized carbons (Fsp3) is 0.233. The number of benzene rings is 4. The summed E-state index contributed by atoms with van der Waals surface area (Å²) in [6.45, 7) is -0.473. The Balaban J connectivity index is 1.37. The number of amides is 5. The van der Waals surface area contributed by atoms with Gasteiger partial charge in [0.15, 0.2) is 6.61 Å². The average Bonchev–Trinajstić information content (AvgIpc) is 3.75. The summed E-state index contributed by atoms with van der Waals surface area (Å²) in [4.78, 5) is 70.2. The molecule has 0 unspecified atom stereocenters. The van der Waals surface area contributed by atoms with Crippen molar-refractivity contribution in [1.82, 2.24) is 26.6 Å². The van der Waals surface area contributed by atoms with Gasteiger partial charge in [-0.1, -0.05) is 91.0 Å². The molecule has 5 amide bonds. The van der Waals surface area contributed by atoms with Gasteiger partial charge in [0.2, 0.25) is 23.6 Å². The Labute approximate surface area is 349 Å². The highest BCUT2D eigenvalue weighted by atomic mass is 32.2. The van der Waals surface area contributed by atoms with Gasteiger partial charge < -0.3 is 31.3 Å². The molecule has 2 aliphatic heterocycles. The Morgan fingerprint density at radius 3 is 1.98 bits per heavy atom. The number of fused-ring (bicyclic) bond motifs is 16. The van der Waals surface area contributed by atoms with E-state index in [1.807, 2.05) is 47.8 Å². The highest BCUT2D eigenvalue weighted by molar-refractivity contribution is 7.85. The molecule has 2 bridgehead atoms. The maximum atomic E-state index is 15.1. The van der Waals surface area contributed by atoms with Gasteiger partial charge in [0, 0.05) is 30.6 Å². The molecule has 17 heteroatoms. The summed E-state index contributed by atoms with van der Waals surface area (Å²) in [7, 11) is -4.65. The Bertz CT molecular complexity index is 2400. The van der Waals surface area contributed by atoms with Gasteiger partial charge in [-0.25, -0.2) is 4.39 Å². The van der Waals surface area contributed by atoms with Gasteiger partial charge >= 0.3 is 0 Å². The second kappa shape index (κ2) is 20.0. The van der Waals surface area contributed by atoms with Gasteiger partial charge in [0.25, 0.3) is 16.0 Å². The lowest BCUT2D eigenvalue weighted by molar-refractivity contribution is -0.134. The van der Waals surface area contributed by atoms with Crippen molar-refractivity contribution in [2.24, 2.45) is 0 Å². The summed E-state index contributed by atoms with van der Waals surface area (Å²) in [5.74, 6) is -5.64.